The maximum Gasteiger partial charge on any atom is 0.267 e. The first kappa shape index (κ1) is 17.9. The van der Waals surface area contributed by atoms with Crippen LogP contribution < -0.4 is 16.1 Å². The number of carbonyl (C=O) groups is 2. The highest BCUT2D eigenvalue weighted by Gasteiger charge is 2.36. The van der Waals surface area contributed by atoms with E-state index in [4.69, 9.17) is 5.73 Å². The molecule has 0 fully saturated rings. The number of hydrogen-bond acceptors (Lipinski definition) is 4. The lowest BCUT2D eigenvalue weighted by atomic mass is 9.98. The standard InChI is InChI=1S/C17H23FN4O2/c1-4-9-17(2,3)20-16(24)13-10-14(15(19)23)22(21-13)12-7-5-11(18)6-8-12/h5-8,14H,4,9-10H2,1-3H3,(H2,19,23)(H,20,24). The van der Waals surface area contributed by atoms with Crippen LogP contribution >= 0.6 is 0 Å². The van der Waals surface area contributed by atoms with Gasteiger partial charge >= 0.3 is 0 Å². The van der Waals surface area contributed by atoms with Crippen molar-refractivity contribution in [3.63, 3.8) is 0 Å². The van der Waals surface area contributed by atoms with Gasteiger partial charge in [0.2, 0.25) is 5.91 Å². The van der Waals surface area contributed by atoms with Crippen molar-refractivity contribution in [3.05, 3.63) is 30.1 Å². The predicted molar refractivity (Wildman–Crippen MR) is 91.0 cm³/mol. The smallest absolute Gasteiger partial charge is 0.267 e. The molecule has 2 amide bonds. The Hall–Kier alpha value is -2.44. The van der Waals surface area contributed by atoms with Crippen LogP contribution in [0.25, 0.3) is 0 Å². The number of anilines is 1. The molecule has 7 heteroatoms. The van der Waals surface area contributed by atoms with Crippen molar-refractivity contribution in [1.29, 1.82) is 0 Å². The van der Waals surface area contributed by atoms with Crippen molar-refractivity contribution in [3.8, 4) is 0 Å². The van der Waals surface area contributed by atoms with E-state index in [0.717, 1.165) is 12.8 Å². The minimum atomic E-state index is -0.759. The molecule has 24 heavy (non-hydrogen) atoms. The number of carbonyl (C=O) groups excluding carboxylic acids is 2. The van der Waals surface area contributed by atoms with Crippen LogP contribution in [0, 0.1) is 5.82 Å². The van der Waals surface area contributed by atoms with Crippen LogP contribution in [0.5, 0.6) is 0 Å². The van der Waals surface area contributed by atoms with E-state index in [2.05, 4.69) is 10.4 Å². The van der Waals surface area contributed by atoms with Gasteiger partial charge in [-0.15, -0.1) is 0 Å². The van der Waals surface area contributed by atoms with Gasteiger partial charge in [-0.2, -0.15) is 5.10 Å². The summed E-state index contributed by atoms with van der Waals surface area (Å²) in [5, 5.41) is 8.56. The monoisotopic (exact) mass is 334 g/mol. The maximum absolute atomic E-state index is 13.1. The van der Waals surface area contributed by atoms with Crippen molar-refractivity contribution >= 4 is 23.2 Å². The predicted octanol–water partition coefficient (Wildman–Crippen LogP) is 1.94. The number of amides is 2. The van der Waals surface area contributed by atoms with Gasteiger partial charge < -0.3 is 11.1 Å². The zero-order chi connectivity index (χ0) is 17.9. The van der Waals surface area contributed by atoms with Crippen LogP contribution in [0.1, 0.15) is 40.0 Å². The second-order valence-corrected chi connectivity index (χ2v) is 6.58. The average Bonchev–Trinajstić information content (AvgIpc) is 2.93. The van der Waals surface area contributed by atoms with Gasteiger partial charge in [-0.25, -0.2) is 4.39 Å². The SMILES string of the molecule is CCCC(C)(C)NC(=O)C1=NN(c2ccc(F)cc2)C(C(N)=O)C1. The topological polar surface area (TPSA) is 87.8 Å². The van der Waals surface area contributed by atoms with Gasteiger partial charge in [-0.1, -0.05) is 13.3 Å². The molecule has 1 unspecified atom stereocenters. The second-order valence-electron chi connectivity index (χ2n) is 6.58. The highest BCUT2D eigenvalue weighted by Crippen LogP contribution is 2.25. The van der Waals surface area contributed by atoms with Crippen LogP contribution in [0.3, 0.4) is 0 Å². The Morgan fingerprint density at radius 1 is 1.38 bits per heavy atom. The Bertz CT molecular complexity index is 655. The van der Waals surface area contributed by atoms with E-state index in [1.807, 2.05) is 20.8 Å². The van der Waals surface area contributed by atoms with E-state index in [-0.39, 0.29) is 23.6 Å². The second kappa shape index (κ2) is 6.98. The highest BCUT2D eigenvalue weighted by molar-refractivity contribution is 6.40. The molecule has 1 aliphatic rings. The Kier molecular flexibility index (Phi) is 5.21. The minimum Gasteiger partial charge on any atom is -0.368 e. The van der Waals surface area contributed by atoms with Gasteiger partial charge in [0.05, 0.1) is 5.69 Å². The van der Waals surface area contributed by atoms with Crippen LogP contribution in [0.4, 0.5) is 10.1 Å². The molecule has 0 saturated carbocycles. The Balaban J connectivity index is 2.22. The molecule has 0 saturated heterocycles. The van der Waals surface area contributed by atoms with Crippen molar-refractivity contribution in [2.45, 2.75) is 51.6 Å². The largest absolute Gasteiger partial charge is 0.368 e. The summed E-state index contributed by atoms with van der Waals surface area (Å²) >= 11 is 0. The summed E-state index contributed by atoms with van der Waals surface area (Å²) in [4.78, 5) is 24.2. The Morgan fingerprint density at radius 3 is 2.54 bits per heavy atom. The fourth-order valence-corrected chi connectivity index (χ4v) is 2.77. The van der Waals surface area contributed by atoms with Gasteiger partial charge in [0.1, 0.15) is 17.6 Å². The van der Waals surface area contributed by atoms with Crippen molar-refractivity contribution < 1.29 is 14.0 Å². The molecule has 130 valence electrons. The first-order valence-corrected chi connectivity index (χ1v) is 7.97. The lowest BCUT2D eigenvalue weighted by Gasteiger charge is -2.25. The van der Waals surface area contributed by atoms with Gasteiger partial charge in [-0.05, 0) is 44.5 Å². The molecule has 1 aromatic carbocycles. The number of nitrogens with one attached hydrogen (secondary N) is 1. The van der Waals surface area contributed by atoms with Crippen LogP contribution in [-0.4, -0.2) is 29.1 Å². The molecule has 0 aliphatic carbocycles. The van der Waals surface area contributed by atoms with Crippen molar-refractivity contribution in [1.82, 2.24) is 5.32 Å². The fourth-order valence-electron chi connectivity index (χ4n) is 2.77. The zero-order valence-electron chi connectivity index (χ0n) is 14.2. The number of hydrogen-bond donors (Lipinski definition) is 2. The molecular formula is C17H23FN4O2. The number of primary amides is 1. The molecule has 0 radical (unpaired) electrons. The van der Waals surface area contributed by atoms with E-state index in [1.54, 1.807) is 0 Å². The molecule has 3 N–H and O–H groups in total. The fraction of sp³-hybridized carbons (Fsp3) is 0.471. The Labute approximate surface area is 140 Å². The molecule has 1 aromatic rings. The molecule has 2 rings (SSSR count). The van der Waals surface area contributed by atoms with Gasteiger partial charge in [0.25, 0.3) is 5.91 Å². The summed E-state index contributed by atoms with van der Waals surface area (Å²) in [6.45, 7) is 5.92. The summed E-state index contributed by atoms with van der Waals surface area (Å²) in [5.74, 6) is -1.29. The number of benzene rings is 1. The van der Waals surface area contributed by atoms with Crippen LogP contribution in [-0.2, 0) is 9.59 Å². The third-order valence-electron chi connectivity index (χ3n) is 3.92. The number of halogens is 1. The van der Waals surface area contributed by atoms with Crippen molar-refractivity contribution in [2.75, 3.05) is 5.01 Å². The van der Waals surface area contributed by atoms with Crippen LogP contribution in [0.15, 0.2) is 29.4 Å². The van der Waals surface area contributed by atoms with Crippen LogP contribution in [0.2, 0.25) is 0 Å². The maximum atomic E-state index is 13.1. The van der Waals surface area contributed by atoms with Crippen molar-refractivity contribution in [2.24, 2.45) is 10.8 Å². The molecule has 1 aliphatic heterocycles. The first-order valence-electron chi connectivity index (χ1n) is 7.97. The first-order chi connectivity index (χ1) is 11.2. The zero-order valence-corrected chi connectivity index (χ0v) is 14.2. The minimum absolute atomic E-state index is 0.126. The Morgan fingerprint density at radius 2 is 2.00 bits per heavy atom. The molecule has 0 spiro atoms. The summed E-state index contributed by atoms with van der Waals surface area (Å²) in [6, 6.07) is 4.77. The van der Waals surface area contributed by atoms with E-state index >= 15 is 0 Å². The summed E-state index contributed by atoms with van der Waals surface area (Å²) in [7, 11) is 0. The number of nitrogens with zero attached hydrogens (tertiary/aromatic N) is 2. The summed E-state index contributed by atoms with van der Waals surface area (Å²) in [6.07, 6.45) is 1.89. The van der Waals surface area contributed by atoms with Gasteiger partial charge in [-0.3, -0.25) is 14.6 Å². The third kappa shape index (κ3) is 4.10. The summed E-state index contributed by atoms with van der Waals surface area (Å²) in [5.41, 5.74) is 5.82. The normalized spacial score (nSPS) is 17.6. The number of nitrogens with two attached hydrogens (primary N) is 1. The van der Waals surface area contributed by atoms with E-state index in [0.29, 0.717) is 5.69 Å². The number of hydrazone groups is 1. The van der Waals surface area contributed by atoms with E-state index in [9.17, 15) is 14.0 Å². The number of rotatable bonds is 6. The highest BCUT2D eigenvalue weighted by atomic mass is 19.1. The molecule has 0 aromatic heterocycles. The third-order valence-corrected chi connectivity index (χ3v) is 3.92. The average molecular weight is 334 g/mol. The molecule has 6 nitrogen and oxygen atoms in total. The van der Waals surface area contributed by atoms with Gasteiger partial charge in [0.15, 0.2) is 0 Å². The quantitative estimate of drug-likeness (QED) is 0.833. The molecule has 0 bridgehead atoms. The molecule has 1 heterocycles. The molecule has 1 atom stereocenters. The van der Waals surface area contributed by atoms with Gasteiger partial charge in [0, 0.05) is 12.0 Å². The van der Waals surface area contributed by atoms with E-state index < -0.39 is 17.8 Å². The van der Waals surface area contributed by atoms with E-state index in [1.165, 1.54) is 29.3 Å². The lowest BCUT2D eigenvalue weighted by molar-refractivity contribution is -0.119. The summed E-state index contributed by atoms with van der Waals surface area (Å²) < 4.78 is 13.1. The lowest BCUT2D eigenvalue weighted by Crippen LogP contribution is -2.46. The molecular weight excluding hydrogens is 311 g/mol.